The van der Waals surface area contributed by atoms with Gasteiger partial charge in [0.15, 0.2) is 0 Å². The molecule has 0 saturated heterocycles. The minimum atomic E-state index is 0. The van der Waals surface area contributed by atoms with Crippen molar-refractivity contribution in [2.75, 3.05) is 0 Å². The van der Waals surface area contributed by atoms with Gasteiger partial charge in [-0.1, -0.05) is 0 Å². The molecule has 0 bridgehead atoms. The van der Waals surface area contributed by atoms with Crippen molar-refractivity contribution < 1.29 is 39.9 Å². The minimum Gasteiger partial charge on any atom is -0.214 e. The molecule has 0 aliphatic rings. The maximum Gasteiger partial charge on any atom is 0 e. The molecule has 0 aliphatic carbocycles. The Balaban J connectivity index is 0.000000250. The van der Waals surface area contributed by atoms with Crippen molar-refractivity contribution >= 4 is 0 Å². The fourth-order valence-electron chi connectivity index (χ4n) is 0.321. The van der Waals surface area contributed by atoms with Crippen molar-refractivity contribution in [1.82, 2.24) is 0 Å². The van der Waals surface area contributed by atoms with Crippen LogP contribution in [0.15, 0.2) is 30.3 Å². The Hall–Kier alpha value is 0.675. The van der Waals surface area contributed by atoms with E-state index in [1.54, 1.807) is 0 Å². The summed E-state index contributed by atoms with van der Waals surface area (Å²) in [5.41, 5.74) is 0. The van der Waals surface area contributed by atoms with Crippen molar-refractivity contribution in [3.8, 4) is 0 Å². The summed E-state index contributed by atoms with van der Waals surface area (Å²) in [5.74, 6) is 0. The van der Waals surface area contributed by atoms with Crippen LogP contribution in [0, 0.1) is 39.9 Å². The van der Waals surface area contributed by atoms with Crippen molar-refractivity contribution in [2.45, 2.75) is 0 Å². The first kappa shape index (κ1) is 6.67. The molecule has 0 aliphatic heterocycles. The van der Waals surface area contributed by atoms with Gasteiger partial charge in [0.05, 0.1) is 0 Å². The van der Waals surface area contributed by atoms with Crippen LogP contribution in [0.1, 0.15) is 0 Å². The average molecular weight is 222 g/mol. The van der Waals surface area contributed by atoms with Crippen LogP contribution in [0.25, 0.3) is 0 Å². The summed E-state index contributed by atoms with van der Waals surface area (Å²) in [6.45, 7) is 0. The van der Waals surface area contributed by atoms with Crippen molar-refractivity contribution in [3.05, 3.63) is 30.3 Å². The molecule has 1 heteroatoms. The Morgan fingerprint density at radius 1 is 1.00 bits per heavy atom. The fourth-order valence-corrected chi connectivity index (χ4v) is 0.321. The monoisotopic (exact) mass is 223 g/mol. The van der Waals surface area contributed by atoms with Crippen LogP contribution in [0.3, 0.4) is 0 Å². The van der Waals surface area contributed by atoms with E-state index < -0.39 is 0 Å². The molecule has 0 nitrogen and oxygen atoms in total. The van der Waals surface area contributed by atoms with E-state index in [2.05, 4.69) is 0 Å². The fraction of sp³-hybridized carbons (Fsp3) is 0. The van der Waals surface area contributed by atoms with Crippen LogP contribution in [0.5, 0.6) is 0 Å². The summed E-state index contributed by atoms with van der Waals surface area (Å²) in [6.07, 6.45) is 0. The molecule has 0 amide bonds. The molecule has 6 heavy (non-hydrogen) atoms. The van der Waals surface area contributed by atoms with E-state index in [0.717, 1.165) is 0 Å². The van der Waals surface area contributed by atoms with Gasteiger partial charge in [-0.2, -0.15) is 18.2 Å². The SMILES string of the molecule is [Gd].c1cc[cH-]c1. The molecule has 1 rings (SSSR count). The Labute approximate surface area is 69.6 Å². The van der Waals surface area contributed by atoms with Crippen LogP contribution in [-0.4, -0.2) is 0 Å². The first-order valence-corrected chi connectivity index (χ1v) is 1.67. The summed E-state index contributed by atoms with van der Waals surface area (Å²) in [7, 11) is 0. The van der Waals surface area contributed by atoms with E-state index in [4.69, 9.17) is 0 Å². The molecule has 0 heterocycles. The molecular formula is C5H5Gd-. The number of hydrogen-bond donors (Lipinski definition) is 0. The van der Waals surface area contributed by atoms with Crippen LogP contribution in [0.4, 0.5) is 0 Å². The van der Waals surface area contributed by atoms with Gasteiger partial charge in [-0.3, -0.25) is 0 Å². The second kappa shape index (κ2) is 3.85. The van der Waals surface area contributed by atoms with Crippen LogP contribution < -0.4 is 0 Å². The Bertz CT molecular complexity index is 60.4. The predicted octanol–water partition coefficient (Wildman–Crippen LogP) is 1.41. The molecular weight excluding hydrogens is 217 g/mol. The zero-order valence-electron chi connectivity index (χ0n) is 3.24. The Kier molecular flexibility index (Phi) is 4.28. The van der Waals surface area contributed by atoms with Gasteiger partial charge in [0.25, 0.3) is 0 Å². The van der Waals surface area contributed by atoms with Crippen LogP contribution >= 0.6 is 0 Å². The molecule has 1 aromatic rings. The van der Waals surface area contributed by atoms with Gasteiger partial charge < -0.3 is 0 Å². The van der Waals surface area contributed by atoms with E-state index in [9.17, 15) is 0 Å². The predicted molar refractivity (Wildman–Crippen MR) is 22.0 cm³/mol. The van der Waals surface area contributed by atoms with Gasteiger partial charge in [0.2, 0.25) is 0 Å². The van der Waals surface area contributed by atoms with Gasteiger partial charge in [0.1, 0.15) is 0 Å². The molecule has 0 atom stereocenters. The third-order valence-electron chi connectivity index (χ3n) is 0.556. The minimum absolute atomic E-state index is 0. The van der Waals surface area contributed by atoms with E-state index in [0.29, 0.717) is 0 Å². The molecule has 0 N–H and O–H groups in total. The van der Waals surface area contributed by atoms with Crippen LogP contribution in [0.2, 0.25) is 0 Å². The van der Waals surface area contributed by atoms with E-state index in [1.807, 2.05) is 30.3 Å². The molecule has 0 aromatic heterocycles. The van der Waals surface area contributed by atoms with Gasteiger partial charge in [-0.05, 0) is 0 Å². The summed E-state index contributed by atoms with van der Waals surface area (Å²) in [6, 6.07) is 10.0. The summed E-state index contributed by atoms with van der Waals surface area (Å²) in [5, 5.41) is 0. The third-order valence-corrected chi connectivity index (χ3v) is 0.556. The standard InChI is InChI=1S/C5H5.Gd/c1-2-4-5-3-1;/h1-5H;/q-1;. The summed E-state index contributed by atoms with van der Waals surface area (Å²) in [4.78, 5) is 0. The molecule has 0 spiro atoms. The maximum absolute atomic E-state index is 2.00. The molecule has 0 fully saturated rings. The second-order valence-corrected chi connectivity index (χ2v) is 0.962. The first-order chi connectivity index (χ1) is 2.50. The maximum atomic E-state index is 2.00. The van der Waals surface area contributed by atoms with Crippen LogP contribution in [-0.2, 0) is 0 Å². The molecule has 0 unspecified atom stereocenters. The molecule has 34 valence electrons. The van der Waals surface area contributed by atoms with Gasteiger partial charge in [0, 0.05) is 39.9 Å². The topological polar surface area (TPSA) is 0 Å². The average Bonchev–Trinajstić information content (AvgIpc) is 1.76. The number of hydrogen-bond acceptors (Lipinski definition) is 0. The summed E-state index contributed by atoms with van der Waals surface area (Å²) < 4.78 is 0. The smallest absolute Gasteiger partial charge is 0 e. The number of rotatable bonds is 0. The normalized spacial score (nSPS) is 6.67. The Morgan fingerprint density at radius 2 is 1.50 bits per heavy atom. The molecule has 0 radical (unpaired) electrons. The first-order valence-electron chi connectivity index (χ1n) is 1.67. The second-order valence-electron chi connectivity index (χ2n) is 0.962. The largest absolute Gasteiger partial charge is 0.214 e. The van der Waals surface area contributed by atoms with Gasteiger partial charge in [-0.25, -0.2) is 12.1 Å². The van der Waals surface area contributed by atoms with E-state index >= 15 is 0 Å². The zero-order chi connectivity index (χ0) is 3.54. The third kappa shape index (κ3) is 1.96. The molecule has 0 saturated carbocycles. The quantitative estimate of drug-likeness (QED) is 0.582. The van der Waals surface area contributed by atoms with Gasteiger partial charge in [-0.15, -0.1) is 0 Å². The molecule has 1 aromatic carbocycles. The van der Waals surface area contributed by atoms with Crippen molar-refractivity contribution in [1.29, 1.82) is 0 Å². The van der Waals surface area contributed by atoms with E-state index in [1.165, 1.54) is 0 Å². The van der Waals surface area contributed by atoms with E-state index in [-0.39, 0.29) is 39.9 Å². The van der Waals surface area contributed by atoms with Crippen molar-refractivity contribution in [3.63, 3.8) is 0 Å². The summed E-state index contributed by atoms with van der Waals surface area (Å²) >= 11 is 0. The van der Waals surface area contributed by atoms with Crippen molar-refractivity contribution in [2.24, 2.45) is 0 Å². The van der Waals surface area contributed by atoms with Gasteiger partial charge >= 0.3 is 0 Å². The zero-order valence-corrected chi connectivity index (χ0v) is 5.51. The Morgan fingerprint density at radius 3 is 1.67 bits per heavy atom.